The lowest BCUT2D eigenvalue weighted by molar-refractivity contribution is 0.386. The van der Waals surface area contributed by atoms with E-state index in [9.17, 15) is 0 Å². The molecule has 0 aromatic carbocycles. The zero-order valence-corrected chi connectivity index (χ0v) is 8.68. The lowest BCUT2D eigenvalue weighted by atomic mass is 9.98. The van der Waals surface area contributed by atoms with E-state index < -0.39 is 0 Å². The van der Waals surface area contributed by atoms with Crippen LogP contribution in [0.1, 0.15) is 18.6 Å². The molecule has 0 bridgehead atoms. The predicted molar refractivity (Wildman–Crippen MR) is 57.5 cm³/mol. The van der Waals surface area contributed by atoms with Gasteiger partial charge in [-0.15, -0.1) is 0 Å². The number of hydrogen-bond donors (Lipinski definition) is 2. The smallest absolute Gasteiger partial charge is 0.193 e. The van der Waals surface area contributed by atoms with E-state index in [1.165, 1.54) is 12.8 Å². The van der Waals surface area contributed by atoms with Crippen LogP contribution in [-0.4, -0.2) is 19.6 Å². The first kappa shape index (κ1) is 9.59. The first-order chi connectivity index (χ1) is 6.84. The maximum atomic E-state index is 5.45. The van der Waals surface area contributed by atoms with Crippen LogP contribution in [0.3, 0.4) is 0 Å². The van der Waals surface area contributed by atoms with E-state index in [1.54, 1.807) is 0 Å². The minimum absolute atomic E-state index is 0.793. The van der Waals surface area contributed by atoms with E-state index >= 15 is 0 Å². The van der Waals surface area contributed by atoms with Crippen LogP contribution in [0.15, 0.2) is 16.5 Å². The van der Waals surface area contributed by atoms with Gasteiger partial charge in [-0.1, -0.05) is 0 Å². The van der Waals surface area contributed by atoms with Crippen molar-refractivity contribution >= 4 is 5.88 Å². The van der Waals surface area contributed by atoms with Crippen LogP contribution in [0.2, 0.25) is 0 Å². The molecule has 0 spiro atoms. The van der Waals surface area contributed by atoms with E-state index in [4.69, 9.17) is 4.42 Å². The van der Waals surface area contributed by atoms with Gasteiger partial charge < -0.3 is 15.1 Å². The van der Waals surface area contributed by atoms with Crippen LogP contribution >= 0.6 is 0 Å². The van der Waals surface area contributed by atoms with Gasteiger partial charge in [0.15, 0.2) is 5.88 Å². The molecule has 1 fully saturated rings. The molecular formula is C11H18N2O. The van der Waals surface area contributed by atoms with Crippen LogP contribution in [0.25, 0.3) is 0 Å². The monoisotopic (exact) mass is 194 g/mol. The Kier molecular flexibility index (Phi) is 3.09. The molecule has 1 aliphatic heterocycles. The van der Waals surface area contributed by atoms with Crippen molar-refractivity contribution in [3.05, 3.63) is 17.9 Å². The first-order valence-electron chi connectivity index (χ1n) is 5.35. The van der Waals surface area contributed by atoms with Gasteiger partial charge >= 0.3 is 0 Å². The normalized spacial score (nSPS) is 18.4. The average molecular weight is 194 g/mol. The Bertz CT molecular complexity index is 277. The Morgan fingerprint density at radius 3 is 2.86 bits per heavy atom. The molecule has 0 amide bonds. The summed E-state index contributed by atoms with van der Waals surface area (Å²) in [5.74, 6) is 2.67. The fraction of sp³-hybridized carbons (Fsp3) is 0.636. The second kappa shape index (κ2) is 4.51. The molecule has 3 nitrogen and oxygen atoms in total. The van der Waals surface area contributed by atoms with Crippen molar-refractivity contribution in [2.24, 2.45) is 5.92 Å². The maximum absolute atomic E-state index is 5.45. The van der Waals surface area contributed by atoms with Crippen LogP contribution in [-0.2, 0) is 0 Å². The van der Waals surface area contributed by atoms with Gasteiger partial charge in [-0.3, -0.25) is 0 Å². The summed E-state index contributed by atoms with van der Waals surface area (Å²) >= 11 is 0. The minimum atomic E-state index is 0.793. The number of anilines is 1. The van der Waals surface area contributed by atoms with Gasteiger partial charge in [-0.2, -0.15) is 0 Å². The van der Waals surface area contributed by atoms with Crippen molar-refractivity contribution in [1.29, 1.82) is 0 Å². The number of hydrogen-bond acceptors (Lipinski definition) is 3. The van der Waals surface area contributed by atoms with Gasteiger partial charge in [0.25, 0.3) is 0 Å². The molecule has 0 radical (unpaired) electrons. The summed E-state index contributed by atoms with van der Waals surface area (Å²) in [6.07, 6.45) is 2.54. The Labute approximate surface area is 84.9 Å². The second-order valence-corrected chi connectivity index (χ2v) is 3.98. The molecule has 2 rings (SSSR count). The fourth-order valence-corrected chi connectivity index (χ4v) is 1.86. The summed E-state index contributed by atoms with van der Waals surface area (Å²) in [5, 5.41) is 6.71. The van der Waals surface area contributed by atoms with E-state index in [1.807, 2.05) is 19.1 Å². The standard InChI is InChI=1S/C11H18N2O/c1-9-2-3-11(14-9)13-8-10-4-6-12-7-5-10/h2-3,10,12-13H,4-8H2,1H3. The van der Waals surface area contributed by atoms with Gasteiger partial charge in [0, 0.05) is 12.6 Å². The van der Waals surface area contributed by atoms with Gasteiger partial charge in [-0.25, -0.2) is 0 Å². The minimum Gasteiger partial charge on any atom is -0.446 e. The number of nitrogens with one attached hydrogen (secondary N) is 2. The summed E-state index contributed by atoms with van der Waals surface area (Å²) in [5.41, 5.74) is 0. The molecule has 14 heavy (non-hydrogen) atoms. The Hall–Kier alpha value is -0.960. The Balaban J connectivity index is 1.76. The second-order valence-electron chi connectivity index (χ2n) is 3.98. The average Bonchev–Trinajstić information content (AvgIpc) is 2.63. The molecule has 0 saturated carbocycles. The number of piperidine rings is 1. The largest absolute Gasteiger partial charge is 0.446 e. The predicted octanol–water partition coefficient (Wildman–Crippen LogP) is 2.00. The van der Waals surface area contributed by atoms with E-state index in [2.05, 4.69) is 10.6 Å². The summed E-state index contributed by atoms with van der Waals surface area (Å²) in [6, 6.07) is 3.99. The van der Waals surface area contributed by atoms with Crippen molar-refractivity contribution < 1.29 is 4.42 Å². The topological polar surface area (TPSA) is 37.2 Å². The van der Waals surface area contributed by atoms with Gasteiger partial charge in [0.1, 0.15) is 5.76 Å². The molecule has 0 aliphatic carbocycles. The van der Waals surface area contributed by atoms with Gasteiger partial charge in [-0.05, 0) is 44.8 Å². The summed E-state index contributed by atoms with van der Waals surface area (Å²) < 4.78 is 5.45. The van der Waals surface area contributed by atoms with Crippen LogP contribution < -0.4 is 10.6 Å². The van der Waals surface area contributed by atoms with Crippen molar-refractivity contribution in [3.8, 4) is 0 Å². The molecule has 1 aliphatic rings. The molecule has 0 unspecified atom stereocenters. The number of rotatable bonds is 3. The molecule has 0 atom stereocenters. The molecule has 2 N–H and O–H groups in total. The molecule has 78 valence electrons. The lowest BCUT2D eigenvalue weighted by Gasteiger charge is -2.22. The third kappa shape index (κ3) is 2.51. The summed E-state index contributed by atoms with van der Waals surface area (Å²) in [7, 11) is 0. The quantitative estimate of drug-likeness (QED) is 0.772. The third-order valence-corrected chi connectivity index (χ3v) is 2.76. The summed E-state index contributed by atoms with van der Waals surface area (Å²) in [4.78, 5) is 0. The highest BCUT2D eigenvalue weighted by atomic mass is 16.4. The maximum Gasteiger partial charge on any atom is 0.193 e. The molecule has 1 aromatic rings. The highest BCUT2D eigenvalue weighted by Crippen LogP contribution is 2.15. The molecular weight excluding hydrogens is 176 g/mol. The van der Waals surface area contributed by atoms with Crippen molar-refractivity contribution in [2.75, 3.05) is 25.0 Å². The van der Waals surface area contributed by atoms with Gasteiger partial charge in [0.2, 0.25) is 0 Å². The number of furan rings is 1. The fourth-order valence-electron chi connectivity index (χ4n) is 1.86. The lowest BCUT2D eigenvalue weighted by Crippen LogP contribution is -2.31. The first-order valence-corrected chi connectivity index (χ1v) is 5.35. The highest BCUT2D eigenvalue weighted by molar-refractivity contribution is 5.31. The zero-order valence-electron chi connectivity index (χ0n) is 8.68. The van der Waals surface area contributed by atoms with Gasteiger partial charge in [0.05, 0.1) is 0 Å². The van der Waals surface area contributed by atoms with Crippen LogP contribution in [0.5, 0.6) is 0 Å². The van der Waals surface area contributed by atoms with E-state index in [0.29, 0.717) is 0 Å². The molecule has 1 aromatic heterocycles. The van der Waals surface area contributed by atoms with Crippen molar-refractivity contribution in [1.82, 2.24) is 5.32 Å². The molecule has 1 saturated heterocycles. The summed E-state index contributed by atoms with van der Waals surface area (Å²) in [6.45, 7) is 5.32. The van der Waals surface area contributed by atoms with E-state index in [0.717, 1.165) is 37.2 Å². The third-order valence-electron chi connectivity index (χ3n) is 2.76. The van der Waals surface area contributed by atoms with Crippen LogP contribution in [0, 0.1) is 12.8 Å². The van der Waals surface area contributed by atoms with Crippen molar-refractivity contribution in [3.63, 3.8) is 0 Å². The SMILES string of the molecule is Cc1ccc(NCC2CCNCC2)o1. The van der Waals surface area contributed by atoms with Crippen molar-refractivity contribution in [2.45, 2.75) is 19.8 Å². The van der Waals surface area contributed by atoms with E-state index in [-0.39, 0.29) is 0 Å². The molecule has 3 heteroatoms. The van der Waals surface area contributed by atoms with Crippen LogP contribution in [0.4, 0.5) is 5.88 Å². The molecule has 2 heterocycles. The zero-order chi connectivity index (χ0) is 9.80. The Morgan fingerprint density at radius 1 is 1.43 bits per heavy atom. The Morgan fingerprint density at radius 2 is 2.21 bits per heavy atom. The highest BCUT2D eigenvalue weighted by Gasteiger charge is 2.12. The number of aryl methyl sites for hydroxylation is 1.